The number of benzene rings is 2. The molecule has 1 atom stereocenters. The van der Waals surface area contributed by atoms with Gasteiger partial charge >= 0.3 is 0 Å². The second-order valence-electron chi connectivity index (χ2n) is 5.14. The molecule has 0 spiro atoms. The molecule has 0 radical (unpaired) electrons. The summed E-state index contributed by atoms with van der Waals surface area (Å²) in [6.45, 7) is 6.46. The zero-order valence-electron chi connectivity index (χ0n) is 11.2. The Kier molecular flexibility index (Phi) is 3.81. The molecule has 18 heavy (non-hydrogen) atoms. The maximum atomic E-state index is 14.2. The molecule has 0 aliphatic heterocycles. The predicted octanol–water partition coefficient (Wildman–Crippen LogP) is 5.25. The summed E-state index contributed by atoms with van der Waals surface area (Å²) in [4.78, 5) is 0. The summed E-state index contributed by atoms with van der Waals surface area (Å²) >= 11 is 0. The summed E-state index contributed by atoms with van der Waals surface area (Å²) in [5.74, 6) is 0.766. The lowest BCUT2D eigenvalue weighted by Gasteiger charge is -2.16. The molecular formula is C17H19F. The van der Waals surface area contributed by atoms with Crippen molar-refractivity contribution in [2.24, 2.45) is 5.92 Å². The molecule has 0 saturated heterocycles. The second kappa shape index (κ2) is 5.34. The largest absolute Gasteiger partial charge is 0.206 e. The fraction of sp³-hybridized carbons (Fsp3) is 0.294. The molecule has 0 fully saturated rings. The molecule has 2 aromatic rings. The Morgan fingerprint density at radius 2 is 1.56 bits per heavy atom. The van der Waals surface area contributed by atoms with Gasteiger partial charge in [0.2, 0.25) is 0 Å². The molecule has 0 heterocycles. The molecule has 0 nitrogen and oxygen atoms in total. The topological polar surface area (TPSA) is 0 Å². The first-order valence-corrected chi connectivity index (χ1v) is 6.44. The van der Waals surface area contributed by atoms with Crippen molar-refractivity contribution in [2.75, 3.05) is 0 Å². The highest BCUT2D eigenvalue weighted by Crippen LogP contribution is 2.29. The van der Waals surface area contributed by atoms with Crippen LogP contribution >= 0.6 is 0 Å². The van der Waals surface area contributed by atoms with E-state index >= 15 is 0 Å². The van der Waals surface area contributed by atoms with Crippen molar-refractivity contribution >= 4 is 0 Å². The van der Waals surface area contributed by atoms with Crippen molar-refractivity contribution in [3.63, 3.8) is 0 Å². The Bertz CT molecular complexity index is 514. The van der Waals surface area contributed by atoms with Crippen LogP contribution in [0.4, 0.5) is 4.39 Å². The lowest BCUT2D eigenvalue weighted by atomic mass is 9.89. The van der Waals surface area contributed by atoms with Crippen molar-refractivity contribution in [3.05, 3.63) is 59.9 Å². The standard InChI is InChI=1S/C17H19F/c1-12(2)13(3)15-9-10-16(17(18)11-15)14-7-5-4-6-8-14/h4-13H,1-3H3/t13-/m1/s1. The van der Waals surface area contributed by atoms with Crippen LogP contribution < -0.4 is 0 Å². The fourth-order valence-corrected chi connectivity index (χ4v) is 2.05. The van der Waals surface area contributed by atoms with Gasteiger partial charge in [0.05, 0.1) is 0 Å². The van der Waals surface area contributed by atoms with E-state index in [2.05, 4.69) is 20.8 Å². The Balaban J connectivity index is 2.37. The summed E-state index contributed by atoms with van der Waals surface area (Å²) < 4.78 is 14.2. The molecule has 2 aromatic carbocycles. The summed E-state index contributed by atoms with van der Waals surface area (Å²) in [5.41, 5.74) is 2.68. The van der Waals surface area contributed by atoms with E-state index in [1.807, 2.05) is 42.5 Å². The zero-order valence-corrected chi connectivity index (χ0v) is 11.2. The molecule has 94 valence electrons. The van der Waals surface area contributed by atoms with Crippen molar-refractivity contribution < 1.29 is 4.39 Å². The Morgan fingerprint density at radius 3 is 2.11 bits per heavy atom. The van der Waals surface area contributed by atoms with E-state index < -0.39 is 0 Å². The minimum absolute atomic E-state index is 0.133. The third kappa shape index (κ3) is 2.61. The van der Waals surface area contributed by atoms with Crippen LogP contribution in [0.15, 0.2) is 48.5 Å². The molecule has 0 unspecified atom stereocenters. The molecule has 0 saturated carbocycles. The first-order valence-electron chi connectivity index (χ1n) is 6.44. The third-order valence-corrected chi connectivity index (χ3v) is 3.60. The van der Waals surface area contributed by atoms with E-state index in [-0.39, 0.29) is 5.82 Å². The van der Waals surface area contributed by atoms with Crippen LogP contribution in [0.1, 0.15) is 32.3 Å². The molecule has 0 aromatic heterocycles. The predicted molar refractivity (Wildman–Crippen MR) is 75.1 cm³/mol. The lowest BCUT2D eigenvalue weighted by Crippen LogP contribution is -2.02. The molecule has 0 bridgehead atoms. The minimum Gasteiger partial charge on any atom is -0.206 e. The Morgan fingerprint density at radius 1 is 0.889 bits per heavy atom. The highest BCUT2D eigenvalue weighted by atomic mass is 19.1. The van der Waals surface area contributed by atoms with Crippen LogP contribution in [-0.4, -0.2) is 0 Å². The van der Waals surface area contributed by atoms with Gasteiger partial charge in [-0.25, -0.2) is 4.39 Å². The average molecular weight is 242 g/mol. The van der Waals surface area contributed by atoms with Gasteiger partial charge in [-0.3, -0.25) is 0 Å². The first kappa shape index (κ1) is 12.8. The minimum atomic E-state index is -0.133. The van der Waals surface area contributed by atoms with Gasteiger partial charge in [-0.05, 0) is 29.0 Å². The maximum absolute atomic E-state index is 14.2. The fourth-order valence-electron chi connectivity index (χ4n) is 2.05. The van der Waals surface area contributed by atoms with Gasteiger partial charge in [-0.15, -0.1) is 0 Å². The molecule has 2 rings (SSSR count). The van der Waals surface area contributed by atoms with Gasteiger partial charge in [0.25, 0.3) is 0 Å². The maximum Gasteiger partial charge on any atom is 0.131 e. The average Bonchev–Trinajstić information content (AvgIpc) is 2.38. The van der Waals surface area contributed by atoms with Crippen molar-refractivity contribution in [2.45, 2.75) is 26.7 Å². The van der Waals surface area contributed by atoms with Crippen LogP contribution in [0.2, 0.25) is 0 Å². The van der Waals surface area contributed by atoms with Crippen LogP contribution in [-0.2, 0) is 0 Å². The summed E-state index contributed by atoms with van der Waals surface area (Å²) in [7, 11) is 0. The third-order valence-electron chi connectivity index (χ3n) is 3.60. The van der Waals surface area contributed by atoms with E-state index in [1.54, 1.807) is 6.07 Å². The van der Waals surface area contributed by atoms with E-state index in [0.717, 1.165) is 11.1 Å². The Hall–Kier alpha value is -1.63. The summed E-state index contributed by atoms with van der Waals surface area (Å²) in [5, 5.41) is 0. The lowest BCUT2D eigenvalue weighted by molar-refractivity contribution is 0.530. The monoisotopic (exact) mass is 242 g/mol. The summed E-state index contributed by atoms with van der Waals surface area (Å²) in [6.07, 6.45) is 0. The first-order chi connectivity index (χ1) is 8.59. The number of hydrogen-bond acceptors (Lipinski definition) is 0. The molecule has 0 amide bonds. The molecule has 0 aliphatic rings. The quantitative estimate of drug-likeness (QED) is 0.689. The van der Waals surface area contributed by atoms with Gasteiger partial charge < -0.3 is 0 Å². The SMILES string of the molecule is CC(C)[C@@H](C)c1ccc(-c2ccccc2)c(F)c1. The molecule has 0 N–H and O–H groups in total. The normalized spacial score (nSPS) is 12.7. The van der Waals surface area contributed by atoms with Crippen molar-refractivity contribution in [1.29, 1.82) is 0 Å². The smallest absolute Gasteiger partial charge is 0.131 e. The number of halogens is 1. The summed E-state index contributed by atoms with van der Waals surface area (Å²) in [6, 6.07) is 15.3. The van der Waals surface area contributed by atoms with Crippen LogP contribution in [0.5, 0.6) is 0 Å². The Labute approximate surface area is 108 Å². The van der Waals surface area contributed by atoms with Gasteiger partial charge in [-0.1, -0.05) is 63.2 Å². The van der Waals surface area contributed by atoms with E-state index in [9.17, 15) is 4.39 Å². The van der Waals surface area contributed by atoms with Gasteiger partial charge in [-0.2, -0.15) is 0 Å². The molecule has 0 aliphatic carbocycles. The van der Waals surface area contributed by atoms with Gasteiger partial charge in [0.1, 0.15) is 5.82 Å². The van der Waals surface area contributed by atoms with E-state index in [0.29, 0.717) is 17.4 Å². The van der Waals surface area contributed by atoms with E-state index in [1.165, 1.54) is 0 Å². The highest BCUT2D eigenvalue weighted by molar-refractivity contribution is 5.64. The molecule has 1 heteroatoms. The zero-order chi connectivity index (χ0) is 13.1. The van der Waals surface area contributed by atoms with Gasteiger partial charge in [0, 0.05) is 5.56 Å². The highest BCUT2D eigenvalue weighted by Gasteiger charge is 2.12. The van der Waals surface area contributed by atoms with Crippen molar-refractivity contribution in [1.82, 2.24) is 0 Å². The number of rotatable bonds is 3. The van der Waals surface area contributed by atoms with Crippen LogP contribution in [0.25, 0.3) is 11.1 Å². The molecular weight excluding hydrogens is 223 g/mol. The second-order valence-corrected chi connectivity index (χ2v) is 5.14. The van der Waals surface area contributed by atoms with Crippen LogP contribution in [0.3, 0.4) is 0 Å². The number of hydrogen-bond donors (Lipinski definition) is 0. The van der Waals surface area contributed by atoms with Crippen molar-refractivity contribution in [3.8, 4) is 11.1 Å². The van der Waals surface area contributed by atoms with E-state index in [4.69, 9.17) is 0 Å². The van der Waals surface area contributed by atoms with Crippen LogP contribution in [0, 0.1) is 11.7 Å². The van der Waals surface area contributed by atoms with Gasteiger partial charge in [0.15, 0.2) is 0 Å².